The molecule has 2 heterocycles. The Labute approximate surface area is 117 Å². The van der Waals surface area contributed by atoms with Gasteiger partial charge in [0.2, 0.25) is 0 Å². The second kappa shape index (κ2) is 5.59. The number of anilines is 1. The summed E-state index contributed by atoms with van der Waals surface area (Å²) in [5.41, 5.74) is 1.34. The lowest BCUT2D eigenvalue weighted by Crippen LogP contribution is -2.57. The molecule has 3 rings (SSSR count). The van der Waals surface area contributed by atoms with Crippen molar-refractivity contribution in [3.8, 4) is 0 Å². The number of hydrogen-bond donors (Lipinski definition) is 1. The minimum absolute atomic E-state index is 0.782. The normalized spacial score (nSPS) is 22.6. The molecule has 2 fully saturated rings. The minimum Gasteiger partial charge on any atom is -0.369 e. The molecule has 0 radical (unpaired) electrons. The van der Waals surface area contributed by atoms with Crippen LogP contribution in [0.1, 0.15) is 6.42 Å². The fraction of sp³-hybridized carbons (Fsp3) is 0.571. The second-order valence-corrected chi connectivity index (χ2v) is 5.99. The molecule has 1 N–H and O–H groups in total. The lowest BCUT2D eigenvalue weighted by Gasteiger charge is -2.37. The van der Waals surface area contributed by atoms with Gasteiger partial charge in [-0.05, 0) is 34.5 Å². The van der Waals surface area contributed by atoms with Gasteiger partial charge in [-0.15, -0.1) is 0 Å². The fourth-order valence-corrected chi connectivity index (χ4v) is 3.32. The minimum atomic E-state index is 0.782. The van der Waals surface area contributed by atoms with E-state index in [-0.39, 0.29) is 0 Å². The average Bonchev–Trinajstić information content (AvgIpc) is 2.54. The van der Waals surface area contributed by atoms with Crippen molar-refractivity contribution >= 4 is 21.6 Å². The first kappa shape index (κ1) is 12.5. The Bertz CT molecular complexity index is 406. The molecule has 98 valence electrons. The quantitative estimate of drug-likeness (QED) is 0.900. The molecule has 0 amide bonds. The third-order valence-corrected chi connectivity index (χ3v) is 4.67. The number of nitrogens with zero attached hydrogens (tertiary/aromatic N) is 2. The maximum Gasteiger partial charge on any atom is 0.0511 e. The molecule has 2 aliphatic heterocycles. The van der Waals surface area contributed by atoms with Crippen LogP contribution in [0.5, 0.6) is 0 Å². The Morgan fingerprint density at radius 2 is 1.89 bits per heavy atom. The number of halogens is 1. The number of rotatable bonds is 2. The molecule has 0 spiro atoms. The topological polar surface area (TPSA) is 18.5 Å². The smallest absolute Gasteiger partial charge is 0.0511 e. The van der Waals surface area contributed by atoms with Gasteiger partial charge in [0.25, 0.3) is 0 Å². The van der Waals surface area contributed by atoms with E-state index < -0.39 is 0 Å². The highest BCUT2D eigenvalue weighted by molar-refractivity contribution is 9.10. The number of hydrogen-bond acceptors (Lipinski definition) is 3. The summed E-state index contributed by atoms with van der Waals surface area (Å²) in [5, 5.41) is 3.37. The van der Waals surface area contributed by atoms with Gasteiger partial charge in [0.05, 0.1) is 5.69 Å². The van der Waals surface area contributed by atoms with Crippen LogP contribution in [0.15, 0.2) is 28.7 Å². The summed E-state index contributed by atoms with van der Waals surface area (Å²) in [4.78, 5) is 5.16. The van der Waals surface area contributed by atoms with Crippen LogP contribution in [0, 0.1) is 0 Å². The lowest BCUT2D eigenvalue weighted by molar-refractivity contribution is 0.155. The fourth-order valence-electron chi connectivity index (χ4n) is 2.78. The van der Waals surface area contributed by atoms with Gasteiger partial charge < -0.3 is 10.2 Å². The molecule has 0 aliphatic carbocycles. The zero-order chi connectivity index (χ0) is 12.4. The number of benzene rings is 1. The van der Waals surface area contributed by atoms with Gasteiger partial charge in [-0.25, -0.2) is 0 Å². The summed E-state index contributed by atoms with van der Waals surface area (Å²) in [7, 11) is 0. The monoisotopic (exact) mass is 309 g/mol. The first-order chi connectivity index (χ1) is 8.84. The van der Waals surface area contributed by atoms with Crippen molar-refractivity contribution < 1.29 is 0 Å². The van der Waals surface area contributed by atoms with Gasteiger partial charge in [0, 0.05) is 49.8 Å². The summed E-state index contributed by atoms with van der Waals surface area (Å²) < 4.78 is 1.21. The van der Waals surface area contributed by atoms with Crippen LogP contribution in [0.25, 0.3) is 0 Å². The third-order valence-electron chi connectivity index (χ3n) is 4.00. The van der Waals surface area contributed by atoms with Crippen LogP contribution in [0.2, 0.25) is 0 Å². The van der Waals surface area contributed by atoms with Gasteiger partial charge in [0.1, 0.15) is 0 Å². The van der Waals surface area contributed by atoms with E-state index in [1.54, 1.807) is 0 Å². The highest BCUT2D eigenvalue weighted by atomic mass is 79.9. The molecule has 0 unspecified atom stereocenters. The van der Waals surface area contributed by atoms with E-state index in [9.17, 15) is 0 Å². The van der Waals surface area contributed by atoms with Crippen LogP contribution < -0.4 is 10.2 Å². The summed E-state index contributed by atoms with van der Waals surface area (Å²) in [6.07, 6.45) is 1.26. The molecule has 0 aromatic heterocycles. The Morgan fingerprint density at radius 1 is 1.06 bits per heavy atom. The van der Waals surface area contributed by atoms with E-state index in [0.29, 0.717) is 0 Å². The Kier molecular flexibility index (Phi) is 3.87. The predicted octanol–water partition coefficient (Wildman–Crippen LogP) is 1.93. The van der Waals surface area contributed by atoms with Crippen molar-refractivity contribution in [2.75, 3.05) is 44.2 Å². The molecule has 2 saturated heterocycles. The lowest BCUT2D eigenvalue weighted by atomic mass is 10.1. The van der Waals surface area contributed by atoms with E-state index in [0.717, 1.165) is 12.6 Å². The molecule has 0 saturated carbocycles. The van der Waals surface area contributed by atoms with Gasteiger partial charge in [0.15, 0.2) is 0 Å². The van der Waals surface area contributed by atoms with Crippen molar-refractivity contribution in [3.05, 3.63) is 28.7 Å². The zero-order valence-corrected chi connectivity index (χ0v) is 12.2. The number of para-hydroxylation sites is 1. The summed E-state index contributed by atoms with van der Waals surface area (Å²) in [5.74, 6) is 0. The molecule has 3 nitrogen and oxygen atoms in total. The molecule has 4 heteroatoms. The third kappa shape index (κ3) is 2.56. The van der Waals surface area contributed by atoms with E-state index in [2.05, 4.69) is 55.3 Å². The SMILES string of the molecule is Brc1ccccc1N1CCCN(C2CNC2)CC1. The van der Waals surface area contributed by atoms with Crippen molar-refractivity contribution in [2.24, 2.45) is 0 Å². The van der Waals surface area contributed by atoms with Crippen LogP contribution in [0.3, 0.4) is 0 Å². The first-order valence-electron chi connectivity index (χ1n) is 6.79. The summed E-state index contributed by atoms with van der Waals surface area (Å²) in [6, 6.07) is 9.33. The maximum atomic E-state index is 3.66. The highest BCUT2D eigenvalue weighted by Crippen LogP contribution is 2.26. The molecule has 1 aromatic rings. The van der Waals surface area contributed by atoms with Crippen LogP contribution >= 0.6 is 15.9 Å². The van der Waals surface area contributed by atoms with Crippen molar-refractivity contribution in [3.63, 3.8) is 0 Å². The Hall–Kier alpha value is -0.580. The van der Waals surface area contributed by atoms with Gasteiger partial charge in [-0.3, -0.25) is 4.90 Å². The van der Waals surface area contributed by atoms with Gasteiger partial charge in [-0.2, -0.15) is 0 Å². The van der Waals surface area contributed by atoms with Crippen LogP contribution in [-0.4, -0.2) is 50.2 Å². The molecular formula is C14H20BrN3. The first-order valence-corrected chi connectivity index (χ1v) is 7.58. The van der Waals surface area contributed by atoms with Crippen LogP contribution in [0.4, 0.5) is 5.69 Å². The molecule has 0 bridgehead atoms. The standard InChI is InChI=1S/C14H20BrN3/c15-13-4-1-2-5-14(13)18-7-3-6-17(8-9-18)12-10-16-11-12/h1-2,4-5,12,16H,3,6-11H2. The molecule has 18 heavy (non-hydrogen) atoms. The second-order valence-electron chi connectivity index (χ2n) is 5.14. The van der Waals surface area contributed by atoms with Crippen LogP contribution in [-0.2, 0) is 0 Å². The van der Waals surface area contributed by atoms with Crippen molar-refractivity contribution in [1.29, 1.82) is 0 Å². The largest absolute Gasteiger partial charge is 0.369 e. The van der Waals surface area contributed by atoms with Crippen molar-refractivity contribution in [2.45, 2.75) is 12.5 Å². The molecule has 0 atom stereocenters. The highest BCUT2D eigenvalue weighted by Gasteiger charge is 2.26. The molecule has 2 aliphatic rings. The Morgan fingerprint density at radius 3 is 2.61 bits per heavy atom. The van der Waals surface area contributed by atoms with Gasteiger partial charge in [-0.1, -0.05) is 12.1 Å². The Balaban J connectivity index is 1.66. The zero-order valence-electron chi connectivity index (χ0n) is 10.6. The average molecular weight is 310 g/mol. The number of nitrogens with one attached hydrogen (secondary N) is 1. The summed E-state index contributed by atoms with van der Waals surface area (Å²) in [6.45, 7) is 7.09. The van der Waals surface area contributed by atoms with E-state index in [1.807, 2.05) is 0 Å². The van der Waals surface area contributed by atoms with E-state index in [1.165, 1.54) is 49.3 Å². The molecule has 1 aromatic carbocycles. The van der Waals surface area contributed by atoms with Crippen molar-refractivity contribution in [1.82, 2.24) is 10.2 Å². The maximum absolute atomic E-state index is 3.66. The molecular weight excluding hydrogens is 290 g/mol. The predicted molar refractivity (Wildman–Crippen MR) is 79.2 cm³/mol. The van der Waals surface area contributed by atoms with E-state index >= 15 is 0 Å². The summed E-state index contributed by atoms with van der Waals surface area (Å²) >= 11 is 3.66. The van der Waals surface area contributed by atoms with Gasteiger partial charge >= 0.3 is 0 Å². The van der Waals surface area contributed by atoms with E-state index in [4.69, 9.17) is 0 Å².